The second kappa shape index (κ2) is 9.85. The fourth-order valence-electron chi connectivity index (χ4n) is 3.06. The summed E-state index contributed by atoms with van der Waals surface area (Å²) in [6.45, 7) is 1.44. The second-order valence-corrected chi connectivity index (χ2v) is 9.17. The standard InChI is InChI=1S/C23H23ClN2O4S/c1-17(18-11-13-21(30-2)14-12-18)25-23(27)16-26(20-8-6-7-19(24)15-20)31(28,29)22-9-4-3-5-10-22/h3-15,17H,16H2,1-2H3,(H,25,27)/t17-/m1/s1. The lowest BCUT2D eigenvalue weighted by Gasteiger charge is -2.25. The Kier molecular flexibility index (Phi) is 7.20. The first-order valence-electron chi connectivity index (χ1n) is 9.58. The number of hydrogen-bond acceptors (Lipinski definition) is 4. The topological polar surface area (TPSA) is 75.7 Å². The lowest BCUT2D eigenvalue weighted by atomic mass is 10.1. The summed E-state index contributed by atoms with van der Waals surface area (Å²) < 4.78 is 32.8. The van der Waals surface area contributed by atoms with Crippen LogP contribution in [0.4, 0.5) is 5.69 Å². The summed E-state index contributed by atoms with van der Waals surface area (Å²) in [5.74, 6) is 0.270. The van der Waals surface area contributed by atoms with Crippen LogP contribution < -0.4 is 14.4 Å². The lowest BCUT2D eigenvalue weighted by Crippen LogP contribution is -2.41. The molecule has 0 saturated heterocycles. The molecule has 0 radical (unpaired) electrons. The van der Waals surface area contributed by atoms with Crippen molar-refractivity contribution in [3.05, 3.63) is 89.4 Å². The Morgan fingerprint density at radius 2 is 1.71 bits per heavy atom. The van der Waals surface area contributed by atoms with Crippen molar-refractivity contribution in [3.63, 3.8) is 0 Å². The molecule has 0 bridgehead atoms. The monoisotopic (exact) mass is 458 g/mol. The van der Waals surface area contributed by atoms with Gasteiger partial charge in [0.05, 0.1) is 23.7 Å². The molecule has 3 aromatic carbocycles. The van der Waals surface area contributed by atoms with Gasteiger partial charge in [0, 0.05) is 5.02 Å². The van der Waals surface area contributed by atoms with Gasteiger partial charge in [-0.25, -0.2) is 8.42 Å². The summed E-state index contributed by atoms with van der Waals surface area (Å²) in [5, 5.41) is 3.23. The zero-order valence-corrected chi connectivity index (χ0v) is 18.7. The molecule has 0 aromatic heterocycles. The number of carbonyl (C=O) groups is 1. The van der Waals surface area contributed by atoms with E-state index in [9.17, 15) is 13.2 Å². The van der Waals surface area contributed by atoms with Crippen molar-refractivity contribution < 1.29 is 17.9 Å². The molecule has 162 valence electrons. The van der Waals surface area contributed by atoms with Gasteiger partial charge in [-0.05, 0) is 55.0 Å². The SMILES string of the molecule is COc1ccc([C@@H](C)NC(=O)CN(c2cccc(Cl)c2)S(=O)(=O)c2ccccc2)cc1. The third-order valence-electron chi connectivity index (χ3n) is 4.71. The van der Waals surface area contributed by atoms with Gasteiger partial charge in [0.15, 0.2) is 0 Å². The van der Waals surface area contributed by atoms with Crippen LogP contribution >= 0.6 is 11.6 Å². The number of nitrogens with one attached hydrogen (secondary N) is 1. The van der Waals surface area contributed by atoms with Crippen LogP contribution in [0.1, 0.15) is 18.5 Å². The predicted octanol–water partition coefficient (Wildman–Crippen LogP) is 4.42. The maximum absolute atomic E-state index is 13.3. The normalized spacial score (nSPS) is 12.1. The smallest absolute Gasteiger partial charge is 0.264 e. The maximum Gasteiger partial charge on any atom is 0.264 e. The van der Waals surface area contributed by atoms with Crippen molar-refractivity contribution in [2.24, 2.45) is 0 Å². The fourth-order valence-corrected chi connectivity index (χ4v) is 4.68. The molecule has 0 spiro atoms. The number of carbonyl (C=O) groups excluding carboxylic acids is 1. The van der Waals surface area contributed by atoms with E-state index in [0.29, 0.717) is 16.5 Å². The van der Waals surface area contributed by atoms with E-state index in [1.807, 2.05) is 19.1 Å². The number of hydrogen-bond donors (Lipinski definition) is 1. The van der Waals surface area contributed by atoms with Crippen LogP contribution in [0.2, 0.25) is 5.02 Å². The van der Waals surface area contributed by atoms with Crippen molar-refractivity contribution in [2.45, 2.75) is 17.9 Å². The third kappa shape index (κ3) is 5.57. The zero-order chi connectivity index (χ0) is 22.4. The molecular weight excluding hydrogens is 436 g/mol. The van der Waals surface area contributed by atoms with E-state index in [2.05, 4.69) is 5.32 Å². The van der Waals surface area contributed by atoms with Gasteiger partial charge in [-0.15, -0.1) is 0 Å². The van der Waals surface area contributed by atoms with E-state index >= 15 is 0 Å². The van der Waals surface area contributed by atoms with Crippen LogP contribution in [-0.4, -0.2) is 28.0 Å². The number of ether oxygens (including phenoxy) is 1. The highest BCUT2D eigenvalue weighted by molar-refractivity contribution is 7.92. The molecule has 3 rings (SSSR count). The molecule has 1 atom stereocenters. The Labute approximate surface area is 187 Å². The molecule has 0 saturated carbocycles. The number of rotatable bonds is 8. The average molecular weight is 459 g/mol. The molecule has 0 aliphatic heterocycles. The van der Waals surface area contributed by atoms with Crippen molar-refractivity contribution in [2.75, 3.05) is 18.0 Å². The van der Waals surface area contributed by atoms with Gasteiger partial charge in [-0.2, -0.15) is 0 Å². The van der Waals surface area contributed by atoms with Gasteiger partial charge >= 0.3 is 0 Å². The number of halogens is 1. The summed E-state index contributed by atoms with van der Waals surface area (Å²) in [6.07, 6.45) is 0. The Bertz CT molecular complexity index is 1140. The minimum absolute atomic E-state index is 0.0889. The first-order valence-corrected chi connectivity index (χ1v) is 11.4. The Balaban J connectivity index is 1.85. The molecule has 0 unspecified atom stereocenters. The van der Waals surface area contributed by atoms with Crippen LogP contribution in [0.25, 0.3) is 0 Å². The van der Waals surface area contributed by atoms with E-state index in [-0.39, 0.29) is 10.9 Å². The summed E-state index contributed by atoms with van der Waals surface area (Å²) in [7, 11) is -2.40. The Morgan fingerprint density at radius 1 is 1.03 bits per heavy atom. The number of sulfonamides is 1. The first kappa shape index (κ1) is 22.7. The number of nitrogens with zero attached hydrogens (tertiary/aromatic N) is 1. The molecule has 0 heterocycles. The Morgan fingerprint density at radius 3 is 2.32 bits per heavy atom. The van der Waals surface area contributed by atoms with Crippen molar-refractivity contribution >= 4 is 33.2 Å². The number of anilines is 1. The minimum Gasteiger partial charge on any atom is -0.497 e. The molecule has 0 aliphatic carbocycles. The Hall–Kier alpha value is -3.03. The molecule has 8 heteroatoms. The molecule has 0 aliphatic rings. The van der Waals surface area contributed by atoms with Gasteiger partial charge in [-0.1, -0.05) is 48.0 Å². The fraction of sp³-hybridized carbons (Fsp3) is 0.174. The quantitative estimate of drug-likeness (QED) is 0.542. The minimum atomic E-state index is -3.98. The van der Waals surface area contributed by atoms with Crippen LogP contribution in [0.3, 0.4) is 0 Å². The zero-order valence-electron chi connectivity index (χ0n) is 17.2. The number of amides is 1. The van der Waals surface area contributed by atoms with Crippen molar-refractivity contribution in [1.29, 1.82) is 0 Å². The molecular formula is C23H23ClN2O4S. The highest BCUT2D eigenvalue weighted by Gasteiger charge is 2.27. The lowest BCUT2D eigenvalue weighted by molar-refractivity contribution is -0.120. The van der Waals surface area contributed by atoms with E-state index in [0.717, 1.165) is 9.87 Å². The van der Waals surface area contributed by atoms with Crippen molar-refractivity contribution in [3.8, 4) is 5.75 Å². The van der Waals surface area contributed by atoms with Gasteiger partial charge < -0.3 is 10.1 Å². The summed E-state index contributed by atoms with van der Waals surface area (Å²) in [4.78, 5) is 12.9. The molecule has 1 amide bonds. The van der Waals surface area contributed by atoms with Crippen LogP contribution in [-0.2, 0) is 14.8 Å². The van der Waals surface area contributed by atoms with Gasteiger partial charge in [0.25, 0.3) is 10.0 Å². The molecule has 0 fully saturated rings. The largest absolute Gasteiger partial charge is 0.497 e. The van der Waals surface area contributed by atoms with E-state index < -0.39 is 22.5 Å². The van der Waals surface area contributed by atoms with Gasteiger partial charge in [-0.3, -0.25) is 9.10 Å². The summed E-state index contributed by atoms with van der Waals surface area (Å²) in [6, 6.07) is 21.4. The van der Waals surface area contributed by atoms with E-state index in [1.54, 1.807) is 55.6 Å². The summed E-state index contributed by atoms with van der Waals surface area (Å²) in [5.41, 5.74) is 1.18. The number of methoxy groups -OCH3 is 1. The molecule has 6 nitrogen and oxygen atoms in total. The number of benzene rings is 3. The van der Waals surface area contributed by atoms with Gasteiger partial charge in [0.1, 0.15) is 12.3 Å². The average Bonchev–Trinajstić information content (AvgIpc) is 2.78. The second-order valence-electron chi connectivity index (χ2n) is 6.87. The van der Waals surface area contributed by atoms with Crippen LogP contribution in [0.15, 0.2) is 83.8 Å². The predicted molar refractivity (Wildman–Crippen MR) is 122 cm³/mol. The van der Waals surface area contributed by atoms with E-state index in [4.69, 9.17) is 16.3 Å². The maximum atomic E-state index is 13.3. The first-order chi connectivity index (χ1) is 14.8. The van der Waals surface area contributed by atoms with E-state index in [1.165, 1.54) is 18.2 Å². The highest BCUT2D eigenvalue weighted by atomic mass is 35.5. The third-order valence-corrected chi connectivity index (χ3v) is 6.73. The molecule has 31 heavy (non-hydrogen) atoms. The van der Waals surface area contributed by atoms with Gasteiger partial charge in [0.2, 0.25) is 5.91 Å². The van der Waals surface area contributed by atoms with Crippen LogP contribution in [0, 0.1) is 0 Å². The molecule has 1 N–H and O–H groups in total. The highest BCUT2D eigenvalue weighted by Crippen LogP contribution is 2.26. The van der Waals surface area contributed by atoms with Crippen LogP contribution in [0.5, 0.6) is 5.75 Å². The molecule has 3 aromatic rings. The van der Waals surface area contributed by atoms with Crippen molar-refractivity contribution in [1.82, 2.24) is 5.32 Å². The summed E-state index contributed by atoms with van der Waals surface area (Å²) >= 11 is 6.08.